The summed E-state index contributed by atoms with van der Waals surface area (Å²) in [6, 6.07) is 12.3. The van der Waals surface area contributed by atoms with E-state index in [1.54, 1.807) is 35.0 Å². The Balaban J connectivity index is 1.49. The van der Waals surface area contributed by atoms with Gasteiger partial charge in [0.2, 0.25) is 0 Å². The van der Waals surface area contributed by atoms with Crippen LogP contribution >= 0.6 is 0 Å². The second-order valence-corrected chi connectivity index (χ2v) is 7.38. The van der Waals surface area contributed by atoms with Gasteiger partial charge in [-0.2, -0.15) is 0 Å². The molecule has 1 aliphatic rings. The average Bonchev–Trinajstić information content (AvgIpc) is 3.07. The van der Waals surface area contributed by atoms with E-state index in [0.29, 0.717) is 36.7 Å². The minimum atomic E-state index is -0.321. The van der Waals surface area contributed by atoms with E-state index < -0.39 is 0 Å². The molecule has 0 spiro atoms. The number of carbonyl (C=O) groups is 1. The van der Waals surface area contributed by atoms with Crippen LogP contribution in [0.5, 0.6) is 0 Å². The molecule has 1 amide bonds. The molecular formula is C23H25FN4O2. The number of aromatic nitrogens is 2. The largest absolute Gasteiger partial charge is 0.378 e. The zero-order valence-corrected chi connectivity index (χ0v) is 17.2. The molecule has 0 aliphatic carbocycles. The second kappa shape index (κ2) is 8.67. The molecule has 6 nitrogen and oxygen atoms in total. The number of pyridine rings is 1. The first kappa shape index (κ1) is 20.1. The molecule has 3 aromatic rings. The summed E-state index contributed by atoms with van der Waals surface area (Å²) in [5, 5.41) is 2.98. The highest BCUT2D eigenvalue weighted by Crippen LogP contribution is 2.23. The van der Waals surface area contributed by atoms with E-state index in [4.69, 9.17) is 4.74 Å². The highest BCUT2D eigenvalue weighted by molar-refractivity contribution is 5.95. The lowest BCUT2D eigenvalue weighted by Gasteiger charge is -2.28. The van der Waals surface area contributed by atoms with Gasteiger partial charge in [0, 0.05) is 37.2 Å². The molecule has 7 heteroatoms. The van der Waals surface area contributed by atoms with E-state index in [-0.39, 0.29) is 11.7 Å². The number of nitrogens with one attached hydrogen (secondary N) is 1. The average molecular weight is 408 g/mol. The molecule has 0 atom stereocenters. The SMILES string of the molecule is Cc1cc(C(=O)NCc2ccnc(N3CCOCC3)c2)c(C)n1-c1ccccc1F. The number of rotatable bonds is 5. The number of nitrogens with zero attached hydrogens (tertiary/aromatic N) is 3. The van der Waals surface area contributed by atoms with E-state index in [1.807, 2.05) is 26.0 Å². The van der Waals surface area contributed by atoms with Crippen LogP contribution in [0.4, 0.5) is 10.2 Å². The maximum atomic E-state index is 14.3. The number of anilines is 1. The summed E-state index contributed by atoms with van der Waals surface area (Å²) < 4.78 is 21.4. The summed E-state index contributed by atoms with van der Waals surface area (Å²) >= 11 is 0. The van der Waals surface area contributed by atoms with Gasteiger partial charge in [0.1, 0.15) is 11.6 Å². The van der Waals surface area contributed by atoms with E-state index >= 15 is 0 Å². The number of morpholine rings is 1. The van der Waals surface area contributed by atoms with E-state index in [0.717, 1.165) is 30.2 Å². The summed E-state index contributed by atoms with van der Waals surface area (Å²) in [4.78, 5) is 19.5. The van der Waals surface area contributed by atoms with Crippen molar-refractivity contribution in [2.45, 2.75) is 20.4 Å². The fraction of sp³-hybridized carbons (Fsp3) is 0.304. The van der Waals surface area contributed by atoms with Gasteiger partial charge >= 0.3 is 0 Å². The molecule has 1 aromatic carbocycles. The van der Waals surface area contributed by atoms with Crippen LogP contribution in [0.1, 0.15) is 27.3 Å². The predicted octanol–water partition coefficient (Wildman–Crippen LogP) is 3.39. The molecule has 156 valence electrons. The molecule has 0 bridgehead atoms. The monoisotopic (exact) mass is 408 g/mol. The highest BCUT2D eigenvalue weighted by Gasteiger charge is 2.18. The van der Waals surface area contributed by atoms with Crippen LogP contribution < -0.4 is 10.2 Å². The zero-order chi connectivity index (χ0) is 21.1. The molecule has 0 unspecified atom stereocenters. The van der Waals surface area contributed by atoms with Gasteiger partial charge in [-0.25, -0.2) is 9.37 Å². The second-order valence-electron chi connectivity index (χ2n) is 7.38. The summed E-state index contributed by atoms with van der Waals surface area (Å²) in [6.45, 7) is 7.10. The Morgan fingerprint density at radius 2 is 1.93 bits per heavy atom. The van der Waals surface area contributed by atoms with Crippen LogP contribution in [0.25, 0.3) is 5.69 Å². The lowest BCUT2D eigenvalue weighted by Crippen LogP contribution is -2.36. The lowest BCUT2D eigenvalue weighted by atomic mass is 10.2. The lowest BCUT2D eigenvalue weighted by molar-refractivity contribution is 0.0950. The number of carbonyl (C=O) groups excluding carboxylic acids is 1. The fourth-order valence-corrected chi connectivity index (χ4v) is 3.81. The van der Waals surface area contributed by atoms with Crippen LogP contribution in [0, 0.1) is 19.7 Å². The topological polar surface area (TPSA) is 59.4 Å². The Kier molecular flexibility index (Phi) is 5.81. The predicted molar refractivity (Wildman–Crippen MR) is 114 cm³/mol. The smallest absolute Gasteiger partial charge is 0.253 e. The number of halogens is 1. The normalized spacial score (nSPS) is 14.0. The van der Waals surface area contributed by atoms with Gasteiger partial charge in [0.15, 0.2) is 0 Å². The van der Waals surface area contributed by atoms with Crippen molar-refractivity contribution in [1.82, 2.24) is 14.9 Å². The number of hydrogen-bond donors (Lipinski definition) is 1. The summed E-state index contributed by atoms with van der Waals surface area (Å²) in [6.07, 6.45) is 1.76. The van der Waals surface area contributed by atoms with Crippen molar-refractivity contribution in [3.8, 4) is 5.69 Å². The van der Waals surface area contributed by atoms with Crippen molar-refractivity contribution in [2.75, 3.05) is 31.2 Å². The molecular weight excluding hydrogens is 383 g/mol. The van der Waals surface area contributed by atoms with Gasteiger partial charge in [-0.15, -0.1) is 0 Å². The van der Waals surface area contributed by atoms with E-state index in [2.05, 4.69) is 15.2 Å². The number of para-hydroxylation sites is 1. The summed E-state index contributed by atoms with van der Waals surface area (Å²) in [5.74, 6) is 0.386. The zero-order valence-electron chi connectivity index (χ0n) is 17.2. The third kappa shape index (κ3) is 4.07. The molecule has 1 saturated heterocycles. The van der Waals surface area contributed by atoms with Crippen molar-refractivity contribution >= 4 is 11.7 Å². The van der Waals surface area contributed by atoms with Crippen LogP contribution in [0.15, 0.2) is 48.7 Å². The fourth-order valence-electron chi connectivity index (χ4n) is 3.81. The molecule has 1 N–H and O–H groups in total. The maximum Gasteiger partial charge on any atom is 0.253 e. The Labute approximate surface area is 175 Å². The number of benzene rings is 1. The van der Waals surface area contributed by atoms with Crippen LogP contribution in [-0.2, 0) is 11.3 Å². The molecule has 1 aliphatic heterocycles. The van der Waals surface area contributed by atoms with Gasteiger partial charge in [-0.05, 0) is 49.7 Å². The van der Waals surface area contributed by atoms with Gasteiger partial charge in [0.25, 0.3) is 5.91 Å². The Bertz CT molecular complexity index is 1060. The van der Waals surface area contributed by atoms with E-state index in [1.165, 1.54) is 6.07 Å². The Hall–Kier alpha value is -3.19. The van der Waals surface area contributed by atoms with Crippen molar-refractivity contribution in [3.05, 3.63) is 77.0 Å². The molecule has 0 saturated carbocycles. The Morgan fingerprint density at radius 1 is 1.17 bits per heavy atom. The van der Waals surface area contributed by atoms with Crippen molar-refractivity contribution in [3.63, 3.8) is 0 Å². The molecule has 2 aromatic heterocycles. The minimum absolute atomic E-state index is 0.185. The number of hydrogen-bond acceptors (Lipinski definition) is 4. The molecule has 3 heterocycles. The first-order valence-electron chi connectivity index (χ1n) is 10.0. The third-order valence-corrected chi connectivity index (χ3v) is 5.37. The maximum absolute atomic E-state index is 14.3. The van der Waals surface area contributed by atoms with E-state index in [9.17, 15) is 9.18 Å². The standard InChI is InChI=1S/C23H25FN4O2/c1-16-13-19(17(2)28(16)21-6-4-3-5-20(21)24)23(29)26-15-18-7-8-25-22(14-18)27-9-11-30-12-10-27/h3-8,13-14H,9-12,15H2,1-2H3,(H,26,29). The van der Waals surface area contributed by atoms with Crippen LogP contribution in [0.3, 0.4) is 0 Å². The molecule has 4 rings (SSSR count). The highest BCUT2D eigenvalue weighted by atomic mass is 19.1. The van der Waals surface area contributed by atoms with Crippen molar-refractivity contribution < 1.29 is 13.9 Å². The molecule has 1 fully saturated rings. The van der Waals surface area contributed by atoms with Crippen LogP contribution in [0.2, 0.25) is 0 Å². The van der Waals surface area contributed by atoms with Crippen LogP contribution in [-0.4, -0.2) is 41.8 Å². The summed E-state index contributed by atoms with van der Waals surface area (Å²) in [7, 11) is 0. The van der Waals surface area contributed by atoms with Gasteiger partial charge in [0.05, 0.1) is 24.5 Å². The number of aryl methyl sites for hydroxylation is 1. The molecule has 0 radical (unpaired) electrons. The molecule has 30 heavy (non-hydrogen) atoms. The first-order chi connectivity index (χ1) is 14.5. The quantitative estimate of drug-likeness (QED) is 0.703. The number of ether oxygens (including phenoxy) is 1. The van der Waals surface area contributed by atoms with Gasteiger partial charge in [-0.1, -0.05) is 12.1 Å². The first-order valence-corrected chi connectivity index (χ1v) is 10.0. The Morgan fingerprint density at radius 3 is 2.70 bits per heavy atom. The third-order valence-electron chi connectivity index (χ3n) is 5.37. The van der Waals surface area contributed by atoms with Gasteiger partial charge < -0.3 is 19.5 Å². The van der Waals surface area contributed by atoms with Crippen molar-refractivity contribution in [1.29, 1.82) is 0 Å². The number of amides is 1. The minimum Gasteiger partial charge on any atom is -0.378 e. The van der Waals surface area contributed by atoms with Crippen molar-refractivity contribution in [2.24, 2.45) is 0 Å². The van der Waals surface area contributed by atoms with Gasteiger partial charge in [-0.3, -0.25) is 4.79 Å². The summed E-state index contributed by atoms with van der Waals surface area (Å²) in [5.41, 5.74) is 3.47.